The molecule has 3 heteroatoms. The minimum absolute atomic E-state index is 0.738. The van der Waals surface area contributed by atoms with Gasteiger partial charge in [0.05, 0.1) is 5.02 Å². The molecule has 0 amide bonds. The van der Waals surface area contributed by atoms with Gasteiger partial charge in [-0.05, 0) is 31.9 Å². The van der Waals surface area contributed by atoms with E-state index in [-0.39, 0.29) is 0 Å². The van der Waals surface area contributed by atoms with Crippen molar-refractivity contribution in [3.05, 3.63) is 20.8 Å². The fraction of sp³-hybridized carbons (Fsp3) is 0.667. The first kappa shape index (κ1) is 11.4. The summed E-state index contributed by atoms with van der Waals surface area (Å²) in [5.74, 6) is 0.738. The van der Waals surface area contributed by atoms with Crippen LogP contribution in [0.5, 0.6) is 0 Å². The zero-order valence-electron chi connectivity index (χ0n) is 9.18. The van der Waals surface area contributed by atoms with Crippen LogP contribution >= 0.6 is 22.9 Å². The van der Waals surface area contributed by atoms with E-state index in [1.54, 1.807) is 0 Å². The Labute approximate surface area is 101 Å². The standard InChI is InChI=1S/C12H18ClNS/c1-14-8-10-7-11(13)12(15-10)9-5-3-2-4-6-9/h7,9,14H,2-6,8H2,1H3. The van der Waals surface area contributed by atoms with Crippen molar-refractivity contribution in [2.45, 2.75) is 44.6 Å². The molecule has 0 aromatic carbocycles. The van der Waals surface area contributed by atoms with Crippen molar-refractivity contribution in [2.75, 3.05) is 7.05 Å². The Balaban J connectivity index is 2.11. The molecule has 0 saturated heterocycles. The van der Waals surface area contributed by atoms with Crippen LogP contribution in [0.1, 0.15) is 47.8 Å². The van der Waals surface area contributed by atoms with Gasteiger partial charge in [0.1, 0.15) is 0 Å². The summed E-state index contributed by atoms with van der Waals surface area (Å²) in [5.41, 5.74) is 0. The van der Waals surface area contributed by atoms with Crippen LogP contribution in [0, 0.1) is 0 Å². The zero-order chi connectivity index (χ0) is 10.7. The minimum Gasteiger partial charge on any atom is -0.315 e. The van der Waals surface area contributed by atoms with Gasteiger partial charge in [-0.1, -0.05) is 30.9 Å². The maximum absolute atomic E-state index is 6.30. The fourth-order valence-electron chi connectivity index (χ4n) is 2.34. The maximum Gasteiger partial charge on any atom is 0.0551 e. The molecule has 0 bridgehead atoms. The smallest absolute Gasteiger partial charge is 0.0551 e. The molecule has 0 radical (unpaired) electrons. The van der Waals surface area contributed by atoms with Crippen molar-refractivity contribution in [3.8, 4) is 0 Å². The van der Waals surface area contributed by atoms with Crippen LogP contribution in [-0.4, -0.2) is 7.05 Å². The monoisotopic (exact) mass is 243 g/mol. The summed E-state index contributed by atoms with van der Waals surface area (Å²) in [6, 6.07) is 2.13. The summed E-state index contributed by atoms with van der Waals surface area (Å²) in [6.45, 7) is 0.942. The highest BCUT2D eigenvalue weighted by molar-refractivity contribution is 7.12. The zero-order valence-corrected chi connectivity index (χ0v) is 10.8. The summed E-state index contributed by atoms with van der Waals surface area (Å²) in [5, 5.41) is 4.18. The number of thiophene rings is 1. The lowest BCUT2D eigenvalue weighted by atomic mass is 9.88. The molecule has 84 valence electrons. The van der Waals surface area contributed by atoms with Gasteiger partial charge in [0.2, 0.25) is 0 Å². The average Bonchev–Trinajstić information content (AvgIpc) is 2.61. The third-order valence-electron chi connectivity index (χ3n) is 3.09. The molecular weight excluding hydrogens is 226 g/mol. The molecule has 0 atom stereocenters. The van der Waals surface area contributed by atoms with Gasteiger partial charge in [-0.2, -0.15) is 0 Å². The molecule has 0 unspecified atom stereocenters. The fourth-order valence-corrected chi connectivity index (χ4v) is 4.04. The van der Waals surface area contributed by atoms with Crippen molar-refractivity contribution >= 4 is 22.9 Å². The molecule has 1 fully saturated rings. The molecule has 1 heterocycles. The van der Waals surface area contributed by atoms with Crippen LogP contribution in [0.2, 0.25) is 5.02 Å². The van der Waals surface area contributed by atoms with Crippen molar-refractivity contribution < 1.29 is 0 Å². The van der Waals surface area contributed by atoms with Crippen LogP contribution in [0.25, 0.3) is 0 Å². The number of hydrogen-bond donors (Lipinski definition) is 1. The van der Waals surface area contributed by atoms with Crippen LogP contribution in [0.15, 0.2) is 6.07 Å². The summed E-state index contributed by atoms with van der Waals surface area (Å²) in [4.78, 5) is 2.80. The van der Waals surface area contributed by atoms with Crippen molar-refractivity contribution in [3.63, 3.8) is 0 Å². The Morgan fingerprint density at radius 3 is 2.80 bits per heavy atom. The topological polar surface area (TPSA) is 12.0 Å². The lowest BCUT2D eigenvalue weighted by molar-refractivity contribution is 0.448. The third kappa shape index (κ3) is 2.74. The van der Waals surface area contributed by atoms with E-state index in [0.717, 1.165) is 17.5 Å². The second-order valence-electron chi connectivity index (χ2n) is 4.29. The van der Waals surface area contributed by atoms with Crippen LogP contribution in [-0.2, 0) is 6.54 Å². The molecule has 0 spiro atoms. The predicted octanol–water partition coefficient (Wildman–Crippen LogP) is 4.17. The van der Waals surface area contributed by atoms with Gasteiger partial charge in [-0.15, -0.1) is 11.3 Å². The largest absolute Gasteiger partial charge is 0.315 e. The lowest BCUT2D eigenvalue weighted by Gasteiger charge is -2.20. The summed E-state index contributed by atoms with van der Waals surface area (Å²) < 4.78 is 0. The van der Waals surface area contributed by atoms with Crippen molar-refractivity contribution in [1.29, 1.82) is 0 Å². The Hall–Kier alpha value is -0.0500. The Kier molecular flexibility index (Phi) is 4.06. The maximum atomic E-state index is 6.30. The lowest BCUT2D eigenvalue weighted by Crippen LogP contribution is -2.03. The van der Waals surface area contributed by atoms with E-state index < -0.39 is 0 Å². The number of rotatable bonds is 3. The van der Waals surface area contributed by atoms with Gasteiger partial charge in [-0.25, -0.2) is 0 Å². The molecule has 1 nitrogen and oxygen atoms in total. The molecule has 2 rings (SSSR count). The normalized spacial score (nSPS) is 18.3. The van der Waals surface area contributed by atoms with Crippen molar-refractivity contribution in [2.24, 2.45) is 0 Å². The van der Waals surface area contributed by atoms with E-state index in [1.165, 1.54) is 41.9 Å². The minimum atomic E-state index is 0.738. The second kappa shape index (κ2) is 5.33. The predicted molar refractivity (Wildman–Crippen MR) is 67.9 cm³/mol. The Morgan fingerprint density at radius 2 is 2.13 bits per heavy atom. The van der Waals surface area contributed by atoms with E-state index in [9.17, 15) is 0 Å². The quantitative estimate of drug-likeness (QED) is 0.840. The van der Waals surface area contributed by atoms with Gasteiger partial charge in [-0.3, -0.25) is 0 Å². The molecule has 1 N–H and O–H groups in total. The van der Waals surface area contributed by atoms with Gasteiger partial charge in [0, 0.05) is 16.3 Å². The third-order valence-corrected chi connectivity index (χ3v) is 4.81. The van der Waals surface area contributed by atoms with Gasteiger partial charge in [0.15, 0.2) is 0 Å². The number of nitrogens with one attached hydrogen (secondary N) is 1. The van der Waals surface area contributed by atoms with Crippen LogP contribution in [0.3, 0.4) is 0 Å². The summed E-state index contributed by atoms with van der Waals surface area (Å²) in [7, 11) is 1.98. The summed E-state index contributed by atoms with van der Waals surface area (Å²) in [6.07, 6.45) is 6.82. The molecular formula is C12H18ClNS. The molecule has 15 heavy (non-hydrogen) atoms. The number of hydrogen-bond acceptors (Lipinski definition) is 2. The molecule has 1 aliphatic rings. The highest BCUT2D eigenvalue weighted by Gasteiger charge is 2.20. The molecule has 1 saturated carbocycles. The van der Waals surface area contributed by atoms with E-state index in [2.05, 4.69) is 11.4 Å². The van der Waals surface area contributed by atoms with Gasteiger partial charge in [0.25, 0.3) is 0 Å². The van der Waals surface area contributed by atoms with Crippen molar-refractivity contribution in [1.82, 2.24) is 5.32 Å². The Bertz CT molecular complexity index is 315. The molecule has 1 aliphatic carbocycles. The van der Waals surface area contributed by atoms with E-state index in [4.69, 9.17) is 11.6 Å². The molecule has 0 aliphatic heterocycles. The summed E-state index contributed by atoms with van der Waals surface area (Å²) >= 11 is 8.19. The first-order valence-electron chi connectivity index (χ1n) is 5.74. The highest BCUT2D eigenvalue weighted by Crippen LogP contribution is 2.40. The molecule has 1 aromatic heterocycles. The van der Waals surface area contributed by atoms with Crippen LogP contribution < -0.4 is 5.32 Å². The van der Waals surface area contributed by atoms with E-state index in [0.29, 0.717) is 0 Å². The van der Waals surface area contributed by atoms with Gasteiger partial charge < -0.3 is 5.32 Å². The average molecular weight is 244 g/mol. The highest BCUT2D eigenvalue weighted by atomic mass is 35.5. The van der Waals surface area contributed by atoms with Gasteiger partial charge >= 0.3 is 0 Å². The second-order valence-corrected chi connectivity index (χ2v) is 5.87. The first-order chi connectivity index (χ1) is 7.31. The van der Waals surface area contributed by atoms with E-state index >= 15 is 0 Å². The van der Waals surface area contributed by atoms with E-state index in [1.807, 2.05) is 18.4 Å². The Morgan fingerprint density at radius 1 is 1.40 bits per heavy atom. The SMILES string of the molecule is CNCc1cc(Cl)c(C2CCCCC2)s1. The number of halogens is 1. The molecule has 1 aromatic rings. The van der Waals surface area contributed by atoms with Crippen LogP contribution in [0.4, 0.5) is 0 Å². The first-order valence-corrected chi connectivity index (χ1v) is 6.93.